The highest BCUT2D eigenvalue weighted by molar-refractivity contribution is 9.10. The topological polar surface area (TPSA) is 35.2 Å². The number of ether oxygens (including phenoxy) is 1. The Hall–Kier alpha value is -0.760. The average molecular weight is 389 g/mol. The second-order valence-electron chi connectivity index (χ2n) is 3.76. The normalized spacial score (nSPS) is 12.7. The van der Waals surface area contributed by atoms with Crippen LogP contribution in [0.15, 0.2) is 39.5 Å². The van der Waals surface area contributed by atoms with Crippen molar-refractivity contribution >= 4 is 39.7 Å². The van der Waals surface area contributed by atoms with E-state index in [-0.39, 0.29) is 23.7 Å². The van der Waals surface area contributed by atoms with Gasteiger partial charge in [-0.05, 0) is 40.6 Å². The number of alkyl halides is 3. The van der Waals surface area contributed by atoms with Gasteiger partial charge in [-0.1, -0.05) is 15.9 Å². The SMILES string of the molecule is Cl.N[C@H](c1ccsc1)c1cc(Br)ccc1OC(F)(F)F. The molecule has 110 valence electrons. The van der Waals surface area contributed by atoms with Crippen molar-refractivity contribution in [3.05, 3.63) is 50.6 Å². The van der Waals surface area contributed by atoms with Crippen molar-refractivity contribution in [1.82, 2.24) is 0 Å². The van der Waals surface area contributed by atoms with Crippen molar-refractivity contribution in [2.45, 2.75) is 12.4 Å². The first-order valence-corrected chi connectivity index (χ1v) is 6.93. The van der Waals surface area contributed by atoms with Gasteiger partial charge in [0.2, 0.25) is 0 Å². The summed E-state index contributed by atoms with van der Waals surface area (Å²) in [5, 5.41) is 3.61. The lowest BCUT2D eigenvalue weighted by Gasteiger charge is -2.17. The smallest absolute Gasteiger partial charge is 0.405 e. The van der Waals surface area contributed by atoms with Gasteiger partial charge in [0.1, 0.15) is 5.75 Å². The minimum Gasteiger partial charge on any atom is -0.405 e. The largest absolute Gasteiger partial charge is 0.573 e. The molecular weight excluding hydrogens is 379 g/mol. The molecule has 1 aromatic heterocycles. The van der Waals surface area contributed by atoms with E-state index >= 15 is 0 Å². The lowest BCUT2D eigenvalue weighted by atomic mass is 10.0. The molecule has 0 bridgehead atoms. The number of benzene rings is 1. The van der Waals surface area contributed by atoms with Crippen LogP contribution in [-0.2, 0) is 0 Å². The fourth-order valence-electron chi connectivity index (χ4n) is 1.61. The van der Waals surface area contributed by atoms with E-state index in [1.54, 1.807) is 11.4 Å². The van der Waals surface area contributed by atoms with E-state index in [2.05, 4.69) is 20.7 Å². The molecule has 0 saturated heterocycles. The third kappa shape index (κ3) is 4.37. The van der Waals surface area contributed by atoms with E-state index in [1.807, 2.05) is 5.38 Å². The lowest BCUT2D eigenvalue weighted by Crippen LogP contribution is -2.20. The van der Waals surface area contributed by atoms with Gasteiger partial charge < -0.3 is 10.5 Å². The quantitative estimate of drug-likeness (QED) is 0.813. The molecule has 1 heterocycles. The van der Waals surface area contributed by atoms with Crippen LogP contribution in [0, 0.1) is 0 Å². The molecular formula is C12H10BrClF3NOS. The molecule has 0 unspecified atom stereocenters. The van der Waals surface area contributed by atoms with Gasteiger partial charge in [0.05, 0.1) is 6.04 Å². The van der Waals surface area contributed by atoms with Crippen LogP contribution in [0.4, 0.5) is 13.2 Å². The first kappa shape index (κ1) is 17.3. The molecule has 0 spiro atoms. The minimum absolute atomic E-state index is 0. The Bertz CT molecular complexity index is 562. The highest BCUT2D eigenvalue weighted by Gasteiger charge is 2.33. The number of halogens is 5. The minimum atomic E-state index is -4.74. The molecule has 2 nitrogen and oxygen atoms in total. The van der Waals surface area contributed by atoms with Crippen molar-refractivity contribution in [2.24, 2.45) is 5.73 Å². The van der Waals surface area contributed by atoms with E-state index in [9.17, 15) is 13.2 Å². The highest BCUT2D eigenvalue weighted by atomic mass is 79.9. The number of rotatable bonds is 3. The Morgan fingerprint density at radius 3 is 2.50 bits per heavy atom. The first-order valence-electron chi connectivity index (χ1n) is 5.19. The van der Waals surface area contributed by atoms with E-state index < -0.39 is 12.4 Å². The molecule has 0 aliphatic heterocycles. The predicted octanol–water partition coefficient (Wildman–Crippen LogP) is 4.88. The van der Waals surface area contributed by atoms with Crippen LogP contribution >= 0.6 is 39.7 Å². The molecule has 0 fully saturated rings. The van der Waals surface area contributed by atoms with Crippen LogP contribution in [0.3, 0.4) is 0 Å². The first-order chi connectivity index (χ1) is 8.87. The summed E-state index contributed by atoms with van der Waals surface area (Å²) in [5.41, 5.74) is 7.02. The summed E-state index contributed by atoms with van der Waals surface area (Å²) in [6.45, 7) is 0. The number of hydrogen-bond acceptors (Lipinski definition) is 3. The fourth-order valence-corrected chi connectivity index (χ4v) is 2.69. The summed E-state index contributed by atoms with van der Waals surface area (Å²) < 4.78 is 41.7. The van der Waals surface area contributed by atoms with Crippen LogP contribution < -0.4 is 10.5 Å². The van der Waals surface area contributed by atoms with Gasteiger partial charge in [0.25, 0.3) is 0 Å². The Morgan fingerprint density at radius 2 is 1.95 bits per heavy atom. The van der Waals surface area contributed by atoms with Crippen LogP contribution in [0.25, 0.3) is 0 Å². The molecule has 0 amide bonds. The fraction of sp³-hybridized carbons (Fsp3) is 0.167. The van der Waals surface area contributed by atoms with Gasteiger partial charge >= 0.3 is 6.36 Å². The van der Waals surface area contributed by atoms with Crippen molar-refractivity contribution in [3.8, 4) is 5.75 Å². The molecule has 8 heteroatoms. The zero-order valence-corrected chi connectivity index (χ0v) is 13.1. The van der Waals surface area contributed by atoms with E-state index in [4.69, 9.17) is 5.73 Å². The van der Waals surface area contributed by atoms with Crippen LogP contribution in [0.1, 0.15) is 17.2 Å². The van der Waals surface area contributed by atoms with Crippen molar-refractivity contribution in [1.29, 1.82) is 0 Å². The van der Waals surface area contributed by atoms with Gasteiger partial charge in [-0.3, -0.25) is 0 Å². The second kappa shape index (κ2) is 6.80. The zero-order valence-electron chi connectivity index (χ0n) is 9.86. The van der Waals surface area contributed by atoms with Crippen molar-refractivity contribution < 1.29 is 17.9 Å². The number of nitrogens with two attached hydrogens (primary N) is 1. The van der Waals surface area contributed by atoms with E-state index in [0.29, 0.717) is 4.47 Å². The summed E-state index contributed by atoms with van der Waals surface area (Å²) >= 11 is 4.65. The van der Waals surface area contributed by atoms with Gasteiger partial charge in [-0.15, -0.1) is 25.6 Å². The maximum absolute atomic E-state index is 12.4. The Balaban J connectivity index is 0.00000200. The number of thiophene rings is 1. The van der Waals surface area contributed by atoms with Crippen LogP contribution in [0.5, 0.6) is 5.75 Å². The molecule has 0 aliphatic carbocycles. The van der Waals surface area contributed by atoms with Crippen molar-refractivity contribution in [3.63, 3.8) is 0 Å². The Labute approximate surface area is 132 Å². The summed E-state index contributed by atoms with van der Waals surface area (Å²) in [5.74, 6) is -0.283. The predicted molar refractivity (Wildman–Crippen MR) is 78.4 cm³/mol. The summed E-state index contributed by atoms with van der Waals surface area (Å²) in [7, 11) is 0. The Kier molecular flexibility index (Phi) is 5.88. The molecule has 1 atom stereocenters. The standard InChI is InChI=1S/C12H9BrF3NOS.ClH/c13-8-1-2-10(18-12(14,15)16)9(5-8)11(17)7-3-4-19-6-7;/h1-6,11H,17H2;1H/t11-;/m1./s1. The van der Waals surface area contributed by atoms with Crippen LogP contribution in [0.2, 0.25) is 0 Å². The third-order valence-corrected chi connectivity index (χ3v) is 3.63. The van der Waals surface area contributed by atoms with Crippen molar-refractivity contribution in [2.75, 3.05) is 0 Å². The maximum atomic E-state index is 12.4. The molecule has 2 aromatic rings. The summed E-state index contributed by atoms with van der Waals surface area (Å²) in [6.07, 6.45) is -4.74. The third-order valence-electron chi connectivity index (χ3n) is 2.43. The molecule has 1 aromatic carbocycles. The van der Waals surface area contributed by atoms with E-state index in [1.165, 1.54) is 29.5 Å². The number of hydrogen-bond donors (Lipinski definition) is 1. The lowest BCUT2D eigenvalue weighted by molar-refractivity contribution is -0.274. The molecule has 2 rings (SSSR count). The Morgan fingerprint density at radius 1 is 1.25 bits per heavy atom. The van der Waals surface area contributed by atoms with Gasteiger partial charge in [-0.25, -0.2) is 0 Å². The molecule has 2 N–H and O–H groups in total. The summed E-state index contributed by atoms with van der Waals surface area (Å²) in [4.78, 5) is 0. The molecule has 0 radical (unpaired) electrons. The highest BCUT2D eigenvalue weighted by Crippen LogP contribution is 2.34. The zero-order chi connectivity index (χ0) is 14.0. The molecule has 0 aliphatic rings. The molecule has 20 heavy (non-hydrogen) atoms. The maximum Gasteiger partial charge on any atom is 0.573 e. The second-order valence-corrected chi connectivity index (χ2v) is 5.46. The van der Waals surface area contributed by atoms with Gasteiger partial charge in [0.15, 0.2) is 0 Å². The van der Waals surface area contributed by atoms with Gasteiger partial charge in [0, 0.05) is 10.0 Å². The van der Waals surface area contributed by atoms with E-state index in [0.717, 1.165) is 5.56 Å². The van der Waals surface area contributed by atoms with Gasteiger partial charge in [-0.2, -0.15) is 11.3 Å². The molecule has 0 saturated carbocycles. The monoisotopic (exact) mass is 387 g/mol. The average Bonchev–Trinajstić information content (AvgIpc) is 2.82. The summed E-state index contributed by atoms with van der Waals surface area (Å²) in [6, 6.07) is 5.36. The van der Waals surface area contributed by atoms with Crippen LogP contribution in [-0.4, -0.2) is 6.36 Å².